The lowest BCUT2D eigenvalue weighted by atomic mass is 10.00. The van der Waals surface area contributed by atoms with Crippen LogP contribution >= 0.6 is 11.6 Å². The van der Waals surface area contributed by atoms with Gasteiger partial charge in [-0.25, -0.2) is 0 Å². The molecule has 112 valence electrons. The van der Waals surface area contributed by atoms with Crippen molar-refractivity contribution in [3.8, 4) is 5.75 Å². The first-order valence-electron chi connectivity index (χ1n) is 7.83. The van der Waals surface area contributed by atoms with Gasteiger partial charge in [0.2, 0.25) is 0 Å². The van der Waals surface area contributed by atoms with Gasteiger partial charge in [0.1, 0.15) is 5.75 Å². The highest BCUT2D eigenvalue weighted by Crippen LogP contribution is 2.22. The van der Waals surface area contributed by atoms with E-state index in [1.165, 1.54) is 32.2 Å². The molecule has 0 N–H and O–H groups in total. The number of aryl methyl sites for hydroxylation is 1. The minimum absolute atomic E-state index is 0.772. The number of rotatable bonds is 6. The molecular formula is C17H26ClNO. The van der Waals surface area contributed by atoms with Crippen LogP contribution in [0.4, 0.5) is 0 Å². The molecule has 1 atom stereocenters. The second kappa shape index (κ2) is 7.90. The molecule has 1 aromatic carbocycles. The number of hydrogen-bond acceptors (Lipinski definition) is 2. The Morgan fingerprint density at radius 2 is 2.20 bits per heavy atom. The van der Waals surface area contributed by atoms with Gasteiger partial charge < -0.3 is 9.64 Å². The van der Waals surface area contributed by atoms with Gasteiger partial charge in [-0.1, -0.05) is 24.9 Å². The molecule has 1 saturated heterocycles. The third kappa shape index (κ3) is 4.39. The average Bonchev–Trinajstić information content (AvgIpc) is 2.46. The standard InChI is InChI=1S/C17H26ClNO/c1-3-16-7-4-5-10-19(16)11-6-12-20-17-9-8-15(18)13-14(17)2/h8-9,13,16H,3-7,10-12H2,1-2H3/t16-/m1/s1. The third-order valence-electron chi connectivity index (χ3n) is 4.20. The van der Waals surface area contributed by atoms with E-state index in [9.17, 15) is 0 Å². The second-order valence-corrected chi connectivity index (χ2v) is 6.14. The molecule has 0 saturated carbocycles. The zero-order valence-electron chi connectivity index (χ0n) is 12.7. The van der Waals surface area contributed by atoms with Crippen LogP contribution in [0.3, 0.4) is 0 Å². The van der Waals surface area contributed by atoms with E-state index in [1.54, 1.807) is 0 Å². The van der Waals surface area contributed by atoms with Crippen LogP contribution in [0, 0.1) is 6.92 Å². The summed E-state index contributed by atoms with van der Waals surface area (Å²) in [6.07, 6.45) is 6.49. The summed E-state index contributed by atoms with van der Waals surface area (Å²) in [5.41, 5.74) is 1.11. The topological polar surface area (TPSA) is 12.5 Å². The maximum absolute atomic E-state index is 5.95. The van der Waals surface area contributed by atoms with E-state index in [2.05, 4.69) is 11.8 Å². The molecule has 1 fully saturated rings. The molecule has 0 spiro atoms. The Balaban J connectivity index is 1.73. The number of hydrogen-bond donors (Lipinski definition) is 0. The molecule has 20 heavy (non-hydrogen) atoms. The normalized spacial score (nSPS) is 20.1. The fraction of sp³-hybridized carbons (Fsp3) is 0.647. The predicted molar refractivity (Wildman–Crippen MR) is 85.8 cm³/mol. The van der Waals surface area contributed by atoms with Gasteiger partial charge in [-0.05, 0) is 62.9 Å². The largest absolute Gasteiger partial charge is 0.493 e. The van der Waals surface area contributed by atoms with Crippen molar-refractivity contribution in [1.82, 2.24) is 4.90 Å². The molecule has 0 unspecified atom stereocenters. The molecule has 0 aromatic heterocycles. The van der Waals surface area contributed by atoms with Crippen molar-refractivity contribution in [2.24, 2.45) is 0 Å². The maximum atomic E-state index is 5.95. The van der Waals surface area contributed by atoms with E-state index in [1.807, 2.05) is 25.1 Å². The fourth-order valence-electron chi connectivity index (χ4n) is 3.04. The van der Waals surface area contributed by atoms with Gasteiger partial charge in [-0.3, -0.25) is 0 Å². The van der Waals surface area contributed by atoms with Gasteiger partial charge in [0.25, 0.3) is 0 Å². The van der Waals surface area contributed by atoms with Crippen molar-refractivity contribution in [2.75, 3.05) is 19.7 Å². The molecule has 1 aliphatic rings. The highest BCUT2D eigenvalue weighted by atomic mass is 35.5. The number of benzene rings is 1. The lowest BCUT2D eigenvalue weighted by Gasteiger charge is -2.35. The summed E-state index contributed by atoms with van der Waals surface area (Å²) < 4.78 is 5.87. The first kappa shape index (κ1) is 15.7. The summed E-state index contributed by atoms with van der Waals surface area (Å²) in [5, 5.41) is 0.772. The molecule has 1 aromatic rings. The quantitative estimate of drug-likeness (QED) is 0.706. The Bertz CT molecular complexity index is 421. The van der Waals surface area contributed by atoms with E-state index in [4.69, 9.17) is 16.3 Å². The molecule has 1 aliphatic heterocycles. The number of ether oxygens (including phenoxy) is 1. The summed E-state index contributed by atoms with van der Waals surface area (Å²) in [6.45, 7) is 7.55. The minimum Gasteiger partial charge on any atom is -0.493 e. The smallest absolute Gasteiger partial charge is 0.122 e. The lowest BCUT2D eigenvalue weighted by Crippen LogP contribution is -2.40. The first-order chi connectivity index (χ1) is 9.70. The number of nitrogens with zero attached hydrogens (tertiary/aromatic N) is 1. The maximum Gasteiger partial charge on any atom is 0.122 e. The van der Waals surface area contributed by atoms with Gasteiger partial charge in [0.05, 0.1) is 6.61 Å². The summed E-state index contributed by atoms with van der Waals surface area (Å²) in [7, 11) is 0. The SMILES string of the molecule is CC[C@@H]1CCCCN1CCCOc1ccc(Cl)cc1C. The molecule has 2 rings (SSSR count). The van der Waals surface area contributed by atoms with Gasteiger partial charge in [-0.2, -0.15) is 0 Å². The van der Waals surface area contributed by atoms with Crippen molar-refractivity contribution in [2.45, 2.75) is 52.0 Å². The van der Waals surface area contributed by atoms with Gasteiger partial charge >= 0.3 is 0 Å². The third-order valence-corrected chi connectivity index (χ3v) is 4.44. The first-order valence-corrected chi connectivity index (χ1v) is 8.21. The second-order valence-electron chi connectivity index (χ2n) is 5.71. The van der Waals surface area contributed by atoms with E-state index in [-0.39, 0.29) is 0 Å². The molecular weight excluding hydrogens is 270 g/mol. The Kier molecular flexibility index (Phi) is 6.18. The average molecular weight is 296 g/mol. The summed E-state index contributed by atoms with van der Waals surface area (Å²) >= 11 is 5.95. The summed E-state index contributed by atoms with van der Waals surface area (Å²) in [5.74, 6) is 0.958. The van der Waals surface area contributed by atoms with Gasteiger partial charge in [0.15, 0.2) is 0 Å². The highest BCUT2D eigenvalue weighted by Gasteiger charge is 2.19. The van der Waals surface area contributed by atoms with E-state index in [0.29, 0.717) is 0 Å². The van der Waals surface area contributed by atoms with Crippen LogP contribution in [0.1, 0.15) is 44.6 Å². The lowest BCUT2D eigenvalue weighted by molar-refractivity contribution is 0.134. The van der Waals surface area contributed by atoms with E-state index in [0.717, 1.165) is 41.9 Å². The summed E-state index contributed by atoms with van der Waals surface area (Å²) in [4.78, 5) is 2.64. The Morgan fingerprint density at radius 3 is 2.95 bits per heavy atom. The van der Waals surface area contributed by atoms with Crippen LogP contribution in [0.2, 0.25) is 5.02 Å². The minimum atomic E-state index is 0.772. The van der Waals surface area contributed by atoms with Crippen molar-refractivity contribution in [3.05, 3.63) is 28.8 Å². The van der Waals surface area contributed by atoms with Gasteiger partial charge in [-0.15, -0.1) is 0 Å². The Labute approximate surface area is 128 Å². The Hall–Kier alpha value is -0.730. The van der Waals surface area contributed by atoms with Crippen LogP contribution in [0.15, 0.2) is 18.2 Å². The van der Waals surface area contributed by atoms with Crippen LogP contribution in [-0.2, 0) is 0 Å². The number of piperidine rings is 1. The molecule has 1 heterocycles. The van der Waals surface area contributed by atoms with E-state index < -0.39 is 0 Å². The van der Waals surface area contributed by atoms with Crippen molar-refractivity contribution >= 4 is 11.6 Å². The highest BCUT2D eigenvalue weighted by molar-refractivity contribution is 6.30. The van der Waals surface area contributed by atoms with Crippen molar-refractivity contribution in [1.29, 1.82) is 0 Å². The van der Waals surface area contributed by atoms with Crippen molar-refractivity contribution in [3.63, 3.8) is 0 Å². The van der Waals surface area contributed by atoms with Gasteiger partial charge in [0, 0.05) is 17.6 Å². The zero-order valence-corrected chi connectivity index (χ0v) is 13.5. The number of likely N-dealkylation sites (tertiary alicyclic amines) is 1. The molecule has 3 heteroatoms. The zero-order chi connectivity index (χ0) is 14.4. The monoisotopic (exact) mass is 295 g/mol. The van der Waals surface area contributed by atoms with Crippen molar-refractivity contribution < 1.29 is 4.74 Å². The van der Waals surface area contributed by atoms with Crippen LogP contribution in [0.5, 0.6) is 5.75 Å². The van der Waals surface area contributed by atoms with E-state index >= 15 is 0 Å². The molecule has 2 nitrogen and oxygen atoms in total. The van der Waals surface area contributed by atoms with Crippen LogP contribution in [0.25, 0.3) is 0 Å². The molecule has 0 bridgehead atoms. The predicted octanol–water partition coefficient (Wildman–Crippen LogP) is 4.68. The Morgan fingerprint density at radius 1 is 1.35 bits per heavy atom. The molecule has 0 aliphatic carbocycles. The van der Waals surface area contributed by atoms with Crippen LogP contribution in [-0.4, -0.2) is 30.6 Å². The fourth-order valence-corrected chi connectivity index (χ4v) is 3.27. The molecule has 0 radical (unpaired) electrons. The molecule has 0 amide bonds. The summed E-state index contributed by atoms with van der Waals surface area (Å²) in [6, 6.07) is 6.60. The van der Waals surface area contributed by atoms with Crippen LogP contribution < -0.4 is 4.74 Å². The number of halogens is 1.